The molecule has 2 amide bonds. The highest BCUT2D eigenvalue weighted by atomic mass is 16.6. The highest BCUT2D eigenvalue weighted by Gasteiger charge is 2.15. The van der Waals surface area contributed by atoms with Gasteiger partial charge in [0.15, 0.2) is 5.96 Å². The summed E-state index contributed by atoms with van der Waals surface area (Å²) >= 11 is 0. The van der Waals surface area contributed by atoms with E-state index in [-0.39, 0.29) is 12.5 Å². The molecule has 0 saturated carbocycles. The number of hydrogen-bond acceptors (Lipinski definition) is 5. The first-order valence-corrected chi connectivity index (χ1v) is 7.95. The molecule has 0 aromatic rings. The van der Waals surface area contributed by atoms with Gasteiger partial charge in [-0.1, -0.05) is 0 Å². The molecule has 0 saturated heterocycles. The number of carbonyl (C=O) groups excluding carboxylic acids is 2. The SMILES string of the molecule is CN=C(NCCCNC(=O)OC(C)(C)C)NCC(=O)NCCOC. The number of nitrogens with zero attached hydrogens (tertiary/aromatic N) is 1. The molecule has 0 rings (SSSR count). The van der Waals surface area contributed by atoms with Gasteiger partial charge < -0.3 is 30.7 Å². The minimum atomic E-state index is -0.502. The first kappa shape index (κ1) is 22.0. The third-order valence-corrected chi connectivity index (χ3v) is 2.58. The van der Waals surface area contributed by atoms with E-state index >= 15 is 0 Å². The van der Waals surface area contributed by atoms with Gasteiger partial charge in [0.2, 0.25) is 5.91 Å². The molecule has 0 aromatic carbocycles. The summed E-state index contributed by atoms with van der Waals surface area (Å²) in [5.41, 5.74) is -0.502. The van der Waals surface area contributed by atoms with E-state index in [1.165, 1.54) is 0 Å². The van der Waals surface area contributed by atoms with Gasteiger partial charge in [-0.15, -0.1) is 0 Å². The molecular formula is C15H31N5O4. The minimum absolute atomic E-state index is 0.125. The molecule has 0 aliphatic carbocycles. The van der Waals surface area contributed by atoms with Crippen molar-refractivity contribution >= 4 is 18.0 Å². The first-order valence-electron chi connectivity index (χ1n) is 7.95. The Balaban J connectivity index is 3.76. The topological polar surface area (TPSA) is 113 Å². The van der Waals surface area contributed by atoms with Crippen LogP contribution in [0.3, 0.4) is 0 Å². The quantitative estimate of drug-likeness (QED) is 0.262. The predicted octanol–water partition coefficient (Wildman–Crippen LogP) is -0.171. The Morgan fingerprint density at radius 1 is 1.00 bits per heavy atom. The lowest BCUT2D eigenvalue weighted by Gasteiger charge is -2.19. The van der Waals surface area contributed by atoms with Gasteiger partial charge in [0.05, 0.1) is 13.2 Å². The normalized spacial score (nSPS) is 11.6. The molecule has 0 heterocycles. The lowest BCUT2D eigenvalue weighted by molar-refractivity contribution is -0.120. The maximum atomic E-state index is 11.5. The van der Waals surface area contributed by atoms with Gasteiger partial charge in [0.25, 0.3) is 0 Å². The van der Waals surface area contributed by atoms with Crippen LogP contribution >= 0.6 is 0 Å². The zero-order valence-corrected chi connectivity index (χ0v) is 15.3. The van der Waals surface area contributed by atoms with Crippen molar-refractivity contribution in [1.29, 1.82) is 0 Å². The summed E-state index contributed by atoms with van der Waals surface area (Å²) in [7, 11) is 3.20. The monoisotopic (exact) mass is 345 g/mol. The number of amides is 2. The van der Waals surface area contributed by atoms with Gasteiger partial charge in [0, 0.05) is 33.8 Å². The Kier molecular flexibility index (Phi) is 11.4. The van der Waals surface area contributed by atoms with Crippen molar-refractivity contribution < 1.29 is 19.1 Å². The Morgan fingerprint density at radius 2 is 1.67 bits per heavy atom. The number of ether oxygens (including phenoxy) is 2. The Labute approximate surface area is 143 Å². The van der Waals surface area contributed by atoms with E-state index in [2.05, 4.69) is 26.3 Å². The Morgan fingerprint density at radius 3 is 2.25 bits per heavy atom. The van der Waals surface area contributed by atoms with E-state index in [1.54, 1.807) is 14.2 Å². The van der Waals surface area contributed by atoms with Gasteiger partial charge in [-0.3, -0.25) is 9.79 Å². The van der Waals surface area contributed by atoms with E-state index in [4.69, 9.17) is 9.47 Å². The fourth-order valence-electron chi connectivity index (χ4n) is 1.54. The maximum Gasteiger partial charge on any atom is 0.407 e. The highest BCUT2D eigenvalue weighted by Crippen LogP contribution is 2.06. The van der Waals surface area contributed by atoms with Gasteiger partial charge >= 0.3 is 6.09 Å². The van der Waals surface area contributed by atoms with E-state index in [9.17, 15) is 9.59 Å². The summed E-state index contributed by atoms with van der Waals surface area (Å²) in [5, 5.41) is 11.3. The van der Waals surface area contributed by atoms with Crippen LogP contribution in [0.4, 0.5) is 4.79 Å². The van der Waals surface area contributed by atoms with Crippen LogP contribution in [0.25, 0.3) is 0 Å². The highest BCUT2D eigenvalue weighted by molar-refractivity contribution is 5.86. The number of hydrogen-bond donors (Lipinski definition) is 4. The zero-order chi connectivity index (χ0) is 18.4. The molecule has 0 atom stereocenters. The largest absolute Gasteiger partial charge is 0.444 e. The van der Waals surface area contributed by atoms with Crippen LogP contribution in [0.1, 0.15) is 27.2 Å². The van der Waals surface area contributed by atoms with Gasteiger partial charge in [-0.05, 0) is 27.2 Å². The van der Waals surface area contributed by atoms with Crippen molar-refractivity contribution in [2.75, 3.05) is 46.9 Å². The summed E-state index contributed by atoms with van der Waals surface area (Å²) in [4.78, 5) is 27.0. The van der Waals surface area contributed by atoms with Crippen LogP contribution in [-0.2, 0) is 14.3 Å². The van der Waals surface area contributed by atoms with Crippen molar-refractivity contribution in [1.82, 2.24) is 21.3 Å². The van der Waals surface area contributed by atoms with Crippen LogP contribution in [-0.4, -0.2) is 70.5 Å². The van der Waals surface area contributed by atoms with Crippen molar-refractivity contribution in [3.8, 4) is 0 Å². The lowest BCUT2D eigenvalue weighted by atomic mass is 10.2. The molecule has 0 bridgehead atoms. The van der Waals surface area contributed by atoms with Crippen molar-refractivity contribution in [3.63, 3.8) is 0 Å². The molecular weight excluding hydrogens is 314 g/mol. The Bertz CT molecular complexity index is 407. The third kappa shape index (κ3) is 13.6. The third-order valence-electron chi connectivity index (χ3n) is 2.58. The molecule has 4 N–H and O–H groups in total. The molecule has 0 radical (unpaired) electrons. The van der Waals surface area contributed by atoms with Crippen LogP contribution in [0.5, 0.6) is 0 Å². The second kappa shape index (κ2) is 12.4. The molecule has 140 valence electrons. The van der Waals surface area contributed by atoms with E-state index in [1.807, 2.05) is 20.8 Å². The predicted molar refractivity (Wildman–Crippen MR) is 93.1 cm³/mol. The smallest absolute Gasteiger partial charge is 0.407 e. The molecule has 0 spiro atoms. The average molecular weight is 345 g/mol. The molecule has 0 aliphatic rings. The molecule has 9 nitrogen and oxygen atoms in total. The number of nitrogens with one attached hydrogen (secondary N) is 4. The van der Waals surface area contributed by atoms with Gasteiger partial charge in [-0.2, -0.15) is 0 Å². The lowest BCUT2D eigenvalue weighted by Crippen LogP contribution is -2.44. The summed E-state index contributed by atoms with van der Waals surface area (Å²) in [6, 6.07) is 0. The van der Waals surface area contributed by atoms with Gasteiger partial charge in [0.1, 0.15) is 5.60 Å². The maximum absolute atomic E-state index is 11.5. The summed E-state index contributed by atoms with van der Waals surface area (Å²) in [6.45, 7) is 7.60. The zero-order valence-electron chi connectivity index (χ0n) is 15.3. The number of alkyl carbamates (subject to hydrolysis) is 1. The number of carbonyl (C=O) groups is 2. The van der Waals surface area contributed by atoms with Gasteiger partial charge in [-0.25, -0.2) is 4.79 Å². The van der Waals surface area contributed by atoms with Crippen LogP contribution in [0.15, 0.2) is 4.99 Å². The number of rotatable bonds is 9. The van der Waals surface area contributed by atoms with Crippen molar-refractivity contribution in [2.24, 2.45) is 4.99 Å². The van der Waals surface area contributed by atoms with Crippen LogP contribution in [0.2, 0.25) is 0 Å². The second-order valence-corrected chi connectivity index (χ2v) is 5.98. The minimum Gasteiger partial charge on any atom is -0.444 e. The molecule has 0 aromatic heterocycles. The molecule has 0 unspecified atom stereocenters. The summed E-state index contributed by atoms with van der Waals surface area (Å²) in [5.74, 6) is 0.385. The summed E-state index contributed by atoms with van der Waals surface area (Å²) < 4.78 is 9.98. The van der Waals surface area contributed by atoms with E-state index < -0.39 is 11.7 Å². The van der Waals surface area contributed by atoms with E-state index in [0.717, 1.165) is 0 Å². The standard InChI is InChI=1S/C15H31N5O4/c1-15(2,3)24-14(22)19-8-6-7-18-13(16-4)20-11-12(21)17-9-10-23-5/h6-11H2,1-5H3,(H,17,21)(H,19,22)(H2,16,18,20). The first-order chi connectivity index (χ1) is 11.3. The second-order valence-electron chi connectivity index (χ2n) is 5.98. The molecule has 24 heavy (non-hydrogen) atoms. The Hall–Kier alpha value is -2.03. The number of aliphatic imine (C=N–C) groups is 1. The van der Waals surface area contributed by atoms with Crippen molar-refractivity contribution in [2.45, 2.75) is 32.8 Å². The van der Waals surface area contributed by atoms with Crippen LogP contribution < -0.4 is 21.3 Å². The number of methoxy groups -OCH3 is 1. The fraction of sp³-hybridized carbons (Fsp3) is 0.800. The molecule has 9 heteroatoms. The fourth-order valence-corrected chi connectivity index (χ4v) is 1.54. The summed E-state index contributed by atoms with van der Waals surface area (Å²) in [6.07, 6.45) is 0.262. The average Bonchev–Trinajstić information content (AvgIpc) is 2.48. The molecule has 0 fully saturated rings. The van der Waals surface area contributed by atoms with E-state index in [0.29, 0.717) is 38.6 Å². The van der Waals surface area contributed by atoms with Crippen molar-refractivity contribution in [3.05, 3.63) is 0 Å². The van der Waals surface area contributed by atoms with Crippen LogP contribution in [0, 0.1) is 0 Å². The molecule has 0 aliphatic heterocycles. The number of guanidine groups is 1.